The minimum absolute atomic E-state index is 0. The van der Waals surface area contributed by atoms with Crippen LogP contribution < -0.4 is 0 Å². The summed E-state index contributed by atoms with van der Waals surface area (Å²) < 4.78 is 9.64. The Morgan fingerprint density at radius 3 is 1.00 bits per heavy atom. The SMILES string of the molecule is O.O.[F][AlH2]. The zero-order valence-corrected chi connectivity index (χ0v) is 4.38. The molecule has 0 aliphatic carbocycles. The Labute approximate surface area is 32.1 Å². The molecule has 0 rings (SSSR count). The molecule has 4 heteroatoms. The number of hydrogen-bond acceptors (Lipinski definition) is 0. The van der Waals surface area contributed by atoms with Crippen LogP contribution in [0.4, 0.5) is 3.52 Å². The van der Waals surface area contributed by atoms with Crippen LogP contribution in [-0.2, 0) is 0 Å². The lowest BCUT2D eigenvalue weighted by Crippen LogP contribution is -1.06. The molecule has 0 atom stereocenters. The van der Waals surface area contributed by atoms with Crippen molar-refractivity contribution in [1.82, 2.24) is 0 Å². The van der Waals surface area contributed by atoms with E-state index in [2.05, 4.69) is 0 Å². The van der Waals surface area contributed by atoms with Gasteiger partial charge in [0.05, 0.1) is 0 Å². The smallest absolute Gasteiger partial charge is 0.430 e. The van der Waals surface area contributed by atoms with Gasteiger partial charge in [-0.1, -0.05) is 0 Å². The van der Waals surface area contributed by atoms with E-state index in [4.69, 9.17) is 0 Å². The highest BCUT2D eigenvalue weighted by atomic mass is 27.1. The van der Waals surface area contributed by atoms with Crippen molar-refractivity contribution < 1.29 is 14.5 Å². The molecule has 0 saturated heterocycles. The second kappa shape index (κ2) is 131. The van der Waals surface area contributed by atoms with Gasteiger partial charge >= 0.3 is 16.7 Å². The van der Waals surface area contributed by atoms with Gasteiger partial charge in [0.1, 0.15) is 0 Å². The lowest BCUT2D eigenvalue weighted by molar-refractivity contribution is 0.823. The Morgan fingerprint density at radius 2 is 1.00 bits per heavy atom. The molecule has 0 heterocycles. The lowest BCUT2D eigenvalue weighted by atomic mass is 16.0. The first-order chi connectivity index (χ1) is 1.00. The summed E-state index contributed by atoms with van der Waals surface area (Å²) in [5.74, 6) is 0. The quantitative estimate of drug-likeness (QED) is 0.300. The molecule has 4 N–H and O–H groups in total. The van der Waals surface area contributed by atoms with Crippen molar-refractivity contribution in [1.29, 1.82) is 0 Å². The standard InChI is InChI=1S/Al.FH.2H2O.2H/h;1H;2*1H2;;/q+1;;;;;/p-1. The van der Waals surface area contributed by atoms with Crippen molar-refractivity contribution in [3.05, 3.63) is 0 Å². The first-order valence-electron chi connectivity index (χ1n) is 0.378. The molecule has 0 aliphatic rings. The Bertz CT molecular complexity index is 6.00. The van der Waals surface area contributed by atoms with E-state index in [1.165, 1.54) is 0 Å². The fraction of sp³-hybridized carbons (Fsp3) is 0. The van der Waals surface area contributed by atoms with Gasteiger partial charge in [-0.2, -0.15) is 0 Å². The molecule has 4 heavy (non-hydrogen) atoms. The number of halogens is 1. The van der Waals surface area contributed by atoms with Gasteiger partial charge in [-0.25, -0.2) is 0 Å². The largest absolute Gasteiger partial charge is 0.472 e. The predicted octanol–water partition coefficient (Wildman–Crippen LogP) is -2.15. The van der Waals surface area contributed by atoms with Gasteiger partial charge in [-0.05, 0) is 0 Å². The molecule has 0 aromatic carbocycles. The summed E-state index contributed by atoms with van der Waals surface area (Å²) in [7, 11) is 0. The summed E-state index contributed by atoms with van der Waals surface area (Å²) in [4.78, 5) is 0. The van der Waals surface area contributed by atoms with E-state index < -0.39 is 0 Å². The highest BCUT2D eigenvalue weighted by Crippen LogP contribution is 1.10. The van der Waals surface area contributed by atoms with Gasteiger partial charge in [0.2, 0.25) is 0 Å². The third kappa shape index (κ3) is 31.1. The molecule has 0 aromatic heterocycles. The summed E-state index contributed by atoms with van der Waals surface area (Å²) in [5.41, 5.74) is 0. The van der Waals surface area contributed by atoms with Crippen LogP contribution in [0.2, 0.25) is 0 Å². The predicted molar refractivity (Wildman–Crippen MR) is 16.9 cm³/mol. The monoisotopic (exact) mass is 84.0 g/mol. The molecule has 2 nitrogen and oxygen atoms in total. The van der Waals surface area contributed by atoms with Gasteiger partial charge in [0.15, 0.2) is 0 Å². The Balaban J connectivity index is -0.00000000500. The molecule has 0 saturated carbocycles. The van der Waals surface area contributed by atoms with Crippen molar-refractivity contribution in [2.45, 2.75) is 0 Å². The summed E-state index contributed by atoms with van der Waals surface area (Å²) in [5, 5.41) is 0. The molecule has 0 bridgehead atoms. The van der Waals surface area contributed by atoms with Crippen LogP contribution in [0.5, 0.6) is 0 Å². The molecule has 0 fully saturated rings. The van der Waals surface area contributed by atoms with E-state index in [1.807, 2.05) is 0 Å². The minimum atomic E-state index is -0.194. The van der Waals surface area contributed by atoms with Crippen LogP contribution in [0.3, 0.4) is 0 Å². The molecule has 0 unspecified atom stereocenters. The van der Waals surface area contributed by atoms with Crippen LogP contribution >= 0.6 is 0 Å². The first-order valence-corrected chi connectivity index (χ1v) is 1.13. The van der Waals surface area contributed by atoms with Gasteiger partial charge in [-0.3, -0.25) is 0 Å². The fourth-order valence-electron chi connectivity index (χ4n) is 0. The average Bonchev–Trinajstić information content (AvgIpc) is 1.00. The second-order valence-corrected chi connectivity index (χ2v) is 0. The summed E-state index contributed by atoms with van der Waals surface area (Å²) >= 11 is -0.194. The maximum Gasteiger partial charge on any atom is 0.472 e. The number of rotatable bonds is 0. The van der Waals surface area contributed by atoms with Crippen molar-refractivity contribution in [3.8, 4) is 0 Å². The van der Waals surface area contributed by atoms with E-state index >= 15 is 0 Å². The molecular formula is H6AlFO2. The summed E-state index contributed by atoms with van der Waals surface area (Å²) in [6.45, 7) is 0. The molecule has 0 radical (unpaired) electrons. The van der Waals surface area contributed by atoms with E-state index in [9.17, 15) is 3.52 Å². The normalized spacial score (nSPS) is 1.25. The molecule has 0 spiro atoms. The van der Waals surface area contributed by atoms with Crippen molar-refractivity contribution in [3.63, 3.8) is 0 Å². The molecule has 0 aromatic rings. The van der Waals surface area contributed by atoms with Crippen molar-refractivity contribution in [2.75, 3.05) is 0 Å². The van der Waals surface area contributed by atoms with Gasteiger partial charge < -0.3 is 14.5 Å². The Hall–Kier alpha value is 0.382. The van der Waals surface area contributed by atoms with Crippen molar-refractivity contribution >= 4 is 16.7 Å². The minimum Gasteiger partial charge on any atom is -0.430 e. The van der Waals surface area contributed by atoms with Crippen molar-refractivity contribution in [2.24, 2.45) is 0 Å². The van der Waals surface area contributed by atoms with Crippen LogP contribution in [0.15, 0.2) is 0 Å². The van der Waals surface area contributed by atoms with Crippen LogP contribution in [0.25, 0.3) is 0 Å². The van der Waals surface area contributed by atoms with Gasteiger partial charge in [0.25, 0.3) is 0 Å². The van der Waals surface area contributed by atoms with Crippen LogP contribution in [-0.4, -0.2) is 27.7 Å². The lowest BCUT2D eigenvalue weighted by Gasteiger charge is -1.08. The zero-order chi connectivity index (χ0) is 2.00. The maximum atomic E-state index is 9.64. The molecular weight excluding hydrogens is 78.0 g/mol. The molecule has 0 aliphatic heterocycles. The van der Waals surface area contributed by atoms with Gasteiger partial charge in [0, 0.05) is 0 Å². The van der Waals surface area contributed by atoms with E-state index in [0.29, 0.717) is 0 Å². The summed E-state index contributed by atoms with van der Waals surface area (Å²) in [6.07, 6.45) is 0. The third-order valence-electron chi connectivity index (χ3n) is 0. The Morgan fingerprint density at radius 1 is 1.00 bits per heavy atom. The topological polar surface area (TPSA) is 63.0 Å². The number of hydrogen-bond donors (Lipinski definition) is 0. The molecule has 28 valence electrons. The summed E-state index contributed by atoms with van der Waals surface area (Å²) in [6, 6.07) is 0. The van der Waals surface area contributed by atoms with E-state index in [1.54, 1.807) is 0 Å². The first kappa shape index (κ1) is 26.2. The van der Waals surface area contributed by atoms with Crippen LogP contribution in [0.1, 0.15) is 0 Å². The fourth-order valence-corrected chi connectivity index (χ4v) is 0. The van der Waals surface area contributed by atoms with Crippen LogP contribution in [0, 0.1) is 0 Å². The van der Waals surface area contributed by atoms with Gasteiger partial charge in [-0.15, -0.1) is 0 Å². The zero-order valence-electron chi connectivity index (χ0n) is 2.38. The highest BCUT2D eigenvalue weighted by molar-refractivity contribution is 5.96. The maximum absolute atomic E-state index is 9.64. The Kier molecular flexibility index (Phi) is 861. The highest BCUT2D eigenvalue weighted by Gasteiger charge is 1.12. The van der Waals surface area contributed by atoms with E-state index in [-0.39, 0.29) is 27.7 Å². The third-order valence-corrected chi connectivity index (χ3v) is 0. The average molecular weight is 84.0 g/mol. The van der Waals surface area contributed by atoms with E-state index in [0.717, 1.165) is 0 Å². The second-order valence-electron chi connectivity index (χ2n) is 0. The molecule has 0 amide bonds.